The van der Waals surface area contributed by atoms with Gasteiger partial charge >= 0.3 is 0 Å². The maximum Gasteiger partial charge on any atom is 0.201 e. The first-order valence-corrected chi connectivity index (χ1v) is 52.2. The molecule has 4 aliphatic carbocycles. The summed E-state index contributed by atoms with van der Waals surface area (Å²) in [6, 6.07) is 0. The summed E-state index contributed by atoms with van der Waals surface area (Å²) in [5.74, 6) is 6.96. The molecule has 8 bridgehead atoms. The first kappa shape index (κ1) is 80.7. The topological polar surface area (TPSA) is 115 Å². The normalized spacial score (nSPS) is 33.6. The zero-order valence-electron chi connectivity index (χ0n) is 65.1. The Hall–Kier alpha value is -0.572. The van der Waals surface area contributed by atoms with E-state index in [2.05, 4.69) is 190 Å². The van der Waals surface area contributed by atoms with Gasteiger partial charge in [0.25, 0.3) is 0 Å². The number of hydrogen-bond acceptors (Lipinski definition) is 10. The van der Waals surface area contributed by atoms with Crippen LogP contribution in [0.3, 0.4) is 0 Å². The van der Waals surface area contributed by atoms with Gasteiger partial charge in [0.1, 0.15) is 0 Å². The molecular weight excluding hydrogens is 1220 g/mol. The van der Waals surface area contributed by atoms with E-state index in [1.807, 2.05) is 0 Å². The maximum absolute atomic E-state index is 6.74. The lowest BCUT2D eigenvalue weighted by molar-refractivity contribution is -0.0434. The van der Waals surface area contributed by atoms with Crippen LogP contribution in [0.1, 0.15) is 288 Å². The summed E-state index contributed by atoms with van der Waals surface area (Å²) < 4.78 is 13.5. The van der Waals surface area contributed by atoms with E-state index >= 15 is 0 Å². The van der Waals surface area contributed by atoms with Gasteiger partial charge in [-0.25, -0.2) is 0 Å². The first-order chi connectivity index (χ1) is 44.4. The molecule has 0 spiro atoms. The molecule has 5 heterocycles. The second kappa shape index (κ2) is 36.5. The molecule has 0 aromatic carbocycles. The lowest BCUT2D eigenvalue weighted by atomic mass is 9.52. The molecule has 0 amide bonds. The van der Waals surface area contributed by atoms with Gasteiger partial charge in [-0.1, -0.05) is 206 Å². The minimum Gasteiger partial charge on any atom is -0.449 e. The second-order valence-electron chi connectivity index (χ2n) is 36.6. The highest BCUT2D eigenvalue weighted by Crippen LogP contribution is 2.57. The van der Waals surface area contributed by atoms with E-state index in [1.165, 1.54) is 213 Å². The van der Waals surface area contributed by atoms with Crippen molar-refractivity contribution in [2.24, 2.45) is 70.0 Å². The quantitative estimate of drug-likeness (QED) is 0.0285. The molecule has 14 heteroatoms. The first-order valence-electron chi connectivity index (χ1n) is 40.6. The van der Waals surface area contributed by atoms with Crippen LogP contribution in [0, 0.1) is 70.0 Å². The molecule has 5 saturated heterocycles. The Labute approximate surface area is 586 Å². The summed E-state index contributed by atoms with van der Waals surface area (Å²) in [4.78, 5) is 0. The van der Waals surface area contributed by atoms with Crippen LogP contribution in [0.15, 0.2) is 47.1 Å². The maximum atomic E-state index is 6.74. The van der Waals surface area contributed by atoms with Crippen molar-refractivity contribution in [3.8, 4) is 0 Å². The Morgan fingerprint density at radius 1 is 0.309 bits per heavy atom. The van der Waals surface area contributed by atoms with E-state index in [0.717, 1.165) is 43.4 Å². The Kier molecular flexibility index (Phi) is 31.4. The van der Waals surface area contributed by atoms with E-state index in [0.29, 0.717) is 96.2 Å². The van der Waals surface area contributed by atoms with Crippen molar-refractivity contribution in [2.75, 3.05) is 0 Å². The number of hydrogen-bond donors (Lipinski definition) is 8. The lowest BCUT2D eigenvalue weighted by Crippen LogP contribution is -2.62. The molecule has 18 atom stereocenters. The minimum absolute atomic E-state index is 0.258. The molecule has 9 rings (SSSR count). The molecule has 0 aromatic rings. The smallest absolute Gasteiger partial charge is 0.201 e. The molecule has 8 N–H and O–H groups in total. The standard InChI is InChI=1S/C40H72N8.2C20H42OSi2/c1-39(2,3)28-20-19-27-29(30(28)40(4,5)6)38-47-36-26-18-12-11-17-25(26)34(45-36)43-32-22-14-8-7-13-21(22)31(41-32)42-33-23-15-9-10-16-24(23)35(44-33)46-37(27)48-38;2*1-9-11-13-15-17-19(3)22(5,6)21-23(7,8)20(4)18-16-14-12-10-2/h21-38,41-48H,7-20H2,1-6H3;2*3-4,9-18H2,1-2,5-8H3. The minimum atomic E-state index is -1.81. The van der Waals surface area contributed by atoms with Crippen molar-refractivity contribution >= 4 is 33.3 Å². The molecule has 0 radical (unpaired) electrons. The highest BCUT2D eigenvalue weighted by atomic mass is 28.4. The summed E-state index contributed by atoms with van der Waals surface area (Å²) in [6.07, 6.45) is 47.6. The molecule has 10 nitrogen and oxygen atoms in total. The van der Waals surface area contributed by atoms with Crippen LogP contribution >= 0.6 is 0 Å². The van der Waals surface area contributed by atoms with Crippen molar-refractivity contribution in [3.05, 3.63) is 47.1 Å². The predicted molar refractivity (Wildman–Crippen MR) is 418 cm³/mol. The molecule has 0 aromatic heterocycles. The molecular formula is C80H156N8O2Si4. The lowest BCUT2D eigenvalue weighted by Gasteiger charge is -2.53. The average Bonchev–Trinajstić information content (AvgIpc) is 1.54. The van der Waals surface area contributed by atoms with Crippen LogP contribution in [0.2, 0.25) is 52.4 Å². The van der Waals surface area contributed by atoms with Crippen LogP contribution in [0.5, 0.6) is 0 Å². The van der Waals surface area contributed by atoms with Crippen LogP contribution in [0.4, 0.5) is 0 Å². The highest BCUT2D eigenvalue weighted by molar-refractivity contribution is 6.92. The molecule has 544 valence electrons. The van der Waals surface area contributed by atoms with Gasteiger partial charge in [0.2, 0.25) is 33.3 Å². The van der Waals surface area contributed by atoms with Crippen molar-refractivity contribution in [3.63, 3.8) is 0 Å². The van der Waals surface area contributed by atoms with Gasteiger partial charge in [-0.05, 0) is 225 Å². The van der Waals surface area contributed by atoms with E-state index in [1.54, 1.807) is 0 Å². The van der Waals surface area contributed by atoms with Gasteiger partial charge in [-0.2, -0.15) is 0 Å². The van der Waals surface area contributed by atoms with Gasteiger partial charge in [0, 0.05) is 0 Å². The number of nitrogens with one attached hydrogen (secondary N) is 8. The summed E-state index contributed by atoms with van der Waals surface area (Å²) in [5.41, 5.74) is 0.571. The summed E-state index contributed by atoms with van der Waals surface area (Å²) in [7, 11) is -7.25. The number of unbranched alkanes of at least 4 members (excludes halogenated alkanes) is 12. The van der Waals surface area contributed by atoms with Crippen molar-refractivity contribution in [1.82, 2.24) is 42.5 Å². The Balaban J connectivity index is 0.000000230. The van der Waals surface area contributed by atoms with E-state index < -0.39 is 33.3 Å². The van der Waals surface area contributed by atoms with Gasteiger partial charge in [0.05, 0.1) is 49.3 Å². The van der Waals surface area contributed by atoms with Crippen molar-refractivity contribution in [1.29, 1.82) is 0 Å². The predicted octanol–water partition coefficient (Wildman–Crippen LogP) is 20.2. The number of rotatable bonds is 28. The third-order valence-electron chi connectivity index (χ3n) is 25.9. The van der Waals surface area contributed by atoms with Crippen LogP contribution in [-0.4, -0.2) is 82.6 Å². The van der Waals surface area contributed by atoms with Gasteiger partial charge in [0.15, 0.2) is 0 Å². The second-order valence-corrected chi connectivity index (χ2v) is 53.1. The molecule has 4 saturated carbocycles. The third-order valence-corrected chi connectivity index (χ3v) is 41.9. The molecule has 18 unspecified atom stereocenters. The average molecular weight is 1370 g/mol. The van der Waals surface area contributed by atoms with Gasteiger partial charge < -0.3 is 8.23 Å². The zero-order chi connectivity index (χ0) is 68.8. The third kappa shape index (κ3) is 21.7. The summed E-state index contributed by atoms with van der Waals surface area (Å²) in [6.45, 7) is 60.4. The summed E-state index contributed by atoms with van der Waals surface area (Å²) in [5, 5.41) is 40.1. The Bertz CT molecular complexity index is 2190. The fourth-order valence-corrected chi connectivity index (χ4v) is 35.7. The number of fused-ring (bicyclic) bond motifs is 20. The van der Waals surface area contributed by atoms with Crippen molar-refractivity contribution in [2.45, 2.75) is 389 Å². The molecule has 9 aliphatic rings. The molecule has 9 fully saturated rings. The van der Waals surface area contributed by atoms with Crippen LogP contribution < -0.4 is 42.5 Å². The number of allylic oxidation sites excluding steroid dienone is 4. The summed E-state index contributed by atoms with van der Waals surface area (Å²) >= 11 is 0. The Morgan fingerprint density at radius 2 is 0.543 bits per heavy atom. The largest absolute Gasteiger partial charge is 0.449 e. The fraction of sp³-hybridized carbons (Fsp3) is 0.900. The van der Waals surface area contributed by atoms with Crippen LogP contribution in [0.25, 0.3) is 0 Å². The molecule has 5 aliphatic heterocycles. The Morgan fingerprint density at radius 3 is 0.766 bits per heavy atom. The van der Waals surface area contributed by atoms with Gasteiger partial charge in [-0.3, -0.25) is 42.5 Å². The van der Waals surface area contributed by atoms with E-state index in [-0.39, 0.29) is 5.41 Å². The SMILES string of the molecule is C=C(CCCCCC)[Si](C)(C)O[Si](C)(C)C(=C)CCCCCC.C=C(CCCCCC)[Si](C)(C)O[Si](C)(C)C(=C)CCCCCC.CC(C)(C)C1CCC2C3NC4NC(NC5NC(NC6NC(NC(N3)C2C1C(C)(C)C)C1CCCCC61)C1CCCCC51)C1CCCCC41. The fourth-order valence-electron chi connectivity index (χ4n) is 20.0. The van der Waals surface area contributed by atoms with Crippen LogP contribution in [-0.2, 0) is 8.23 Å². The highest BCUT2D eigenvalue weighted by Gasteiger charge is 2.59. The zero-order valence-corrected chi connectivity index (χ0v) is 69.1. The van der Waals surface area contributed by atoms with E-state index in [4.69, 9.17) is 8.23 Å². The van der Waals surface area contributed by atoms with Crippen molar-refractivity contribution < 1.29 is 8.23 Å². The van der Waals surface area contributed by atoms with E-state index in [9.17, 15) is 0 Å². The molecule has 94 heavy (non-hydrogen) atoms. The van der Waals surface area contributed by atoms with Gasteiger partial charge in [-0.15, -0.1) is 26.3 Å². The monoisotopic (exact) mass is 1370 g/mol.